The zero-order valence-electron chi connectivity index (χ0n) is 30.5. The van der Waals surface area contributed by atoms with E-state index < -0.39 is 11.8 Å². The second kappa shape index (κ2) is 14.5. The summed E-state index contributed by atoms with van der Waals surface area (Å²) in [7, 11) is 0. The van der Waals surface area contributed by atoms with Crippen LogP contribution in [0.3, 0.4) is 0 Å². The Labute approximate surface area is 313 Å². The monoisotopic (exact) mass is 729 g/mol. The third-order valence-corrected chi connectivity index (χ3v) is 12.3. The molecule has 3 aromatic heterocycles. The summed E-state index contributed by atoms with van der Waals surface area (Å²) >= 11 is 0. The average molecular weight is 730 g/mol. The standard InChI is InChI=1S/C41H47N9O4/c42-39(52)38-40(46-33(22-44-38)50-16-2-1-3-17-50)45-28-8-6-25(7-9-28)26-13-18-49(19-14-26)23-24-4-5-27(20-24)31-21-32-35(29-12-15-43-36(29)31)37(48-54-32)30-10-11-34(51)47-41(30)53/h6-9,12,15,21-22,24,26-27,30,48H,1-5,10-11,13-14,16-20,23H2,(H2,42,52)(H,45,46)(H,47,51,53)/t24-,27?,30?/m1/s1. The number of imide groups is 1. The molecule has 2 aromatic carbocycles. The van der Waals surface area contributed by atoms with Gasteiger partial charge in [0.25, 0.3) is 5.91 Å². The number of benzene rings is 2. The second-order valence-corrected chi connectivity index (χ2v) is 15.7. The van der Waals surface area contributed by atoms with E-state index in [1.807, 2.05) is 12.3 Å². The van der Waals surface area contributed by atoms with E-state index in [1.165, 1.54) is 24.0 Å². The van der Waals surface area contributed by atoms with E-state index >= 15 is 0 Å². The van der Waals surface area contributed by atoms with Crippen LogP contribution in [0, 0.1) is 5.92 Å². The number of amides is 3. The molecule has 54 heavy (non-hydrogen) atoms. The molecule has 13 nitrogen and oxygen atoms in total. The van der Waals surface area contributed by atoms with Gasteiger partial charge in [-0.2, -0.15) is 0 Å². The lowest BCUT2D eigenvalue weighted by Gasteiger charge is -2.34. The predicted octanol–water partition coefficient (Wildman–Crippen LogP) is 6.22. The summed E-state index contributed by atoms with van der Waals surface area (Å²) in [6.07, 6.45) is 13.4. The number of nitrogens with one attached hydrogen (secondary N) is 3. The van der Waals surface area contributed by atoms with Crippen molar-refractivity contribution in [2.45, 2.75) is 82.0 Å². The van der Waals surface area contributed by atoms with Crippen molar-refractivity contribution in [1.29, 1.82) is 0 Å². The van der Waals surface area contributed by atoms with Crippen LogP contribution < -0.4 is 21.3 Å². The minimum Gasteiger partial charge on any atom is -0.382 e. The van der Waals surface area contributed by atoms with E-state index in [0.29, 0.717) is 36.4 Å². The van der Waals surface area contributed by atoms with E-state index in [0.717, 1.165) is 110 Å². The molecule has 6 heterocycles. The van der Waals surface area contributed by atoms with Crippen LogP contribution in [0.4, 0.5) is 17.3 Å². The number of piperidine rings is 3. The number of aromatic nitrogens is 4. The van der Waals surface area contributed by atoms with Gasteiger partial charge in [-0.25, -0.2) is 15.1 Å². The first-order valence-corrected chi connectivity index (χ1v) is 19.6. The normalized spacial score (nSPS) is 23.0. The molecule has 4 fully saturated rings. The van der Waals surface area contributed by atoms with Crippen molar-refractivity contribution in [1.82, 2.24) is 30.3 Å². The maximum absolute atomic E-state index is 12.7. The number of primary amides is 1. The van der Waals surface area contributed by atoms with Crippen molar-refractivity contribution in [3.63, 3.8) is 0 Å². The van der Waals surface area contributed by atoms with E-state index in [1.54, 1.807) is 6.20 Å². The molecule has 13 heteroatoms. The number of fused-ring (bicyclic) bond motifs is 3. The van der Waals surface area contributed by atoms with Gasteiger partial charge in [0.05, 0.1) is 28.7 Å². The largest absolute Gasteiger partial charge is 0.382 e. The highest BCUT2D eigenvalue weighted by atomic mass is 16.5. The number of hydrogen-bond acceptors (Lipinski definition) is 10. The molecule has 5 N–H and O–H groups in total. The molecular formula is C41H47N9O4. The third-order valence-electron chi connectivity index (χ3n) is 12.3. The second-order valence-electron chi connectivity index (χ2n) is 15.7. The fourth-order valence-corrected chi connectivity index (χ4v) is 9.46. The highest BCUT2D eigenvalue weighted by Gasteiger charge is 2.34. The molecule has 3 atom stereocenters. The van der Waals surface area contributed by atoms with Crippen LogP contribution in [-0.2, 0) is 9.59 Å². The van der Waals surface area contributed by atoms with Crippen molar-refractivity contribution in [2.75, 3.05) is 42.9 Å². The molecule has 9 rings (SSSR count). The highest BCUT2D eigenvalue weighted by molar-refractivity contribution is 6.10. The lowest BCUT2D eigenvalue weighted by molar-refractivity contribution is -0.134. The summed E-state index contributed by atoms with van der Waals surface area (Å²) in [5.41, 5.74) is 11.7. The molecule has 3 aliphatic heterocycles. The first-order valence-electron chi connectivity index (χ1n) is 19.6. The molecule has 4 aliphatic rings. The molecule has 1 aliphatic carbocycles. The summed E-state index contributed by atoms with van der Waals surface area (Å²) < 4.78 is 5.97. The molecule has 1 saturated carbocycles. The van der Waals surface area contributed by atoms with Gasteiger partial charge in [-0.1, -0.05) is 12.1 Å². The van der Waals surface area contributed by atoms with Crippen LogP contribution in [0.2, 0.25) is 0 Å². The first kappa shape index (κ1) is 34.5. The Hall–Kier alpha value is -5.30. The van der Waals surface area contributed by atoms with Crippen molar-refractivity contribution >= 4 is 56.9 Å². The van der Waals surface area contributed by atoms with Crippen LogP contribution in [0.1, 0.15) is 109 Å². The number of aromatic amines is 1. The Bertz CT molecular complexity index is 2200. The van der Waals surface area contributed by atoms with Gasteiger partial charge >= 0.3 is 0 Å². The number of carbonyl (C=O) groups excluding carboxylic acids is 3. The van der Waals surface area contributed by atoms with Crippen molar-refractivity contribution in [3.8, 4) is 0 Å². The highest BCUT2D eigenvalue weighted by Crippen LogP contribution is 2.45. The fourth-order valence-electron chi connectivity index (χ4n) is 9.46. The van der Waals surface area contributed by atoms with Gasteiger partial charge in [0.1, 0.15) is 5.82 Å². The molecular weight excluding hydrogens is 683 g/mol. The lowest BCUT2D eigenvalue weighted by Crippen LogP contribution is -2.39. The van der Waals surface area contributed by atoms with E-state index in [2.05, 4.69) is 60.9 Å². The minimum atomic E-state index is -0.598. The van der Waals surface area contributed by atoms with Gasteiger partial charge in [-0.15, -0.1) is 0 Å². The maximum Gasteiger partial charge on any atom is 0.271 e. The molecule has 5 aromatic rings. The number of nitrogens with two attached hydrogens (primary N) is 1. The van der Waals surface area contributed by atoms with E-state index in [9.17, 15) is 14.4 Å². The fraction of sp³-hybridized carbons (Fsp3) is 0.463. The number of hydrogen-bond donors (Lipinski definition) is 4. The Balaban J connectivity index is 0.810. The van der Waals surface area contributed by atoms with Gasteiger partial charge < -0.3 is 25.4 Å². The summed E-state index contributed by atoms with van der Waals surface area (Å²) in [6, 6.07) is 12.7. The summed E-state index contributed by atoms with van der Waals surface area (Å²) in [5.74, 6) is 1.15. The lowest BCUT2D eigenvalue weighted by atomic mass is 9.88. The molecule has 0 spiro atoms. The van der Waals surface area contributed by atoms with Crippen LogP contribution >= 0.6 is 0 Å². The zero-order valence-corrected chi connectivity index (χ0v) is 30.5. The number of anilines is 3. The number of rotatable bonds is 9. The van der Waals surface area contributed by atoms with Crippen molar-refractivity contribution in [3.05, 3.63) is 71.3 Å². The van der Waals surface area contributed by atoms with Gasteiger partial charge in [0.15, 0.2) is 17.1 Å². The Morgan fingerprint density at radius 3 is 2.54 bits per heavy atom. The number of likely N-dealkylation sites (tertiary alicyclic amines) is 1. The third kappa shape index (κ3) is 6.69. The molecule has 0 radical (unpaired) electrons. The average Bonchev–Trinajstić information content (AvgIpc) is 3.96. The minimum absolute atomic E-state index is 0.148. The van der Waals surface area contributed by atoms with E-state index in [4.69, 9.17) is 20.2 Å². The molecule has 2 unspecified atom stereocenters. The molecule has 3 saturated heterocycles. The van der Waals surface area contributed by atoms with Crippen LogP contribution in [-0.4, -0.2) is 75.5 Å². The smallest absolute Gasteiger partial charge is 0.271 e. The SMILES string of the molecule is NC(=O)c1ncc(N2CCCCC2)nc1Nc1ccc(C2CCN(C[C@@H]3CCC(c4cc5o[nH]c(C6CCC(=O)NC6=O)c5c5ccnc45)C3)CC2)cc1. The Morgan fingerprint density at radius 2 is 1.76 bits per heavy atom. The van der Waals surface area contributed by atoms with Gasteiger partial charge in [-0.05, 0) is 124 Å². The Morgan fingerprint density at radius 1 is 0.944 bits per heavy atom. The topological polar surface area (TPSA) is 175 Å². The zero-order chi connectivity index (χ0) is 36.8. The maximum atomic E-state index is 12.7. The summed E-state index contributed by atoms with van der Waals surface area (Å²) in [4.78, 5) is 55.4. The number of H-pyrrole nitrogens is 1. The van der Waals surface area contributed by atoms with E-state index in [-0.39, 0.29) is 17.5 Å². The predicted molar refractivity (Wildman–Crippen MR) is 206 cm³/mol. The van der Waals surface area contributed by atoms with Crippen LogP contribution in [0.15, 0.2) is 53.3 Å². The quantitative estimate of drug-likeness (QED) is 0.128. The number of nitrogens with zero attached hydrogens (tertiary/aromatic N) is 5. The van der Waals surface area contributed by atoms with Crippen molar-refractivity contribution < 1.29 is 18.9 Å². The van der Waals surface area contributed by atoms with Crippen LogP contribution in [0.5, 0.6) is 0 Å². The molecule has 3 amide bonds. The molecule has 280 valence electrons. The number of carbonyl (C=O) groups is 3. The van der Waals surface area contributed by atoms with Gasteiger partial charge in [0.2, 0.25) is 11.8 Å². The summed E-state index contributed by atoms with van der Waals surface area (Å²) in [5, 5.41) is 10.7. The van der Waals surface area contributed by atoms with Gasteiger partial charge in [-0.3, -0.25) is 24.7 Å². The van der Waals surface area contributed by atoms with Crippen LogP contribution in [0.25, 0.3) is 21.9 Å². The first-order chi connectivity index (χ1) is 26.4. The van der Waals surface area contributed by atoms with Gasteiger partial charge in [0, 0.05) is 43.3 Å². The Kier molecular flexibility index (Phi) is 9.26. The summed E-state index contributed by atoms with van der Waals surface area (Å²) in [6.45, 7) is 5.15. The molecule has 0 bridgehead atoms. The van der Waals surface area contributed by atoms with Crippen molar-refractivity contribution in [2.24, 2.45) is 11.7 Å².